The molecule has 0 fully saturated rings. The van der Waals surface area contributed by atoms with E-state index in [-0.39, 0.29) is 0 Å². The smallest absolute Gasteiger partial charge is 0.0260 e. The van der Waals surface area contributed by atoms with Crippen LogP contribution in [0, 0.1) is 11.8 Å². The van der Waals surface area contributed by atoms with Crippen LogP contribution < -0.4 is 0 Å². The van der Waals surface area contributed by atoms with Crippen LogP contribution in [0.3, 0.4) is 0 Å². The van der Waals surface area contributed by atoms with Gasteiger partial charge in [-0.1, -0.05) is 51.5 Å². The minimum atomic E-state index is 0.659. The molecular formula is C11H20. The minimum absolute atomic E-state index is 0.659. The van der Waals surface area contributed by atoms with Gasteiger partial charge in [0.1, 0.15) is 0 Å². The fourth-order valence-electron chi connectivity index (χ4n) is 0.622. The van der Waals surface area contributed by atoms with Gasteiger partial charge in [-0.05, 0) is 18.8 Å². The maximum atomic E-state index is 2.22. The molecule has 0 aromatic rings. The lowest BCUT2D eigenvalue weighted by Crippen LogP contribution is -1.86. The van der Waals surface area contributed by atoms with Gasteiger partial charge in [-0.3, -0.25) is 0 Å². The lowest BCUT2D eigenvalue weighted by Gasteiger charge is -2.01. The Bertz CT molecular complexity index is 147. The summed E-state index contributed by atoms with van der Waals surface area (Å²) >= 11 is 0. The highest BCUT2D eigenvalue weighted by Gasteiger charge is 1.92. The maximum Gasteiger partial charge on any atom is -0.0260 e. The number of allylic oxidation sites excluding steroid dienone is 4. The zero-order chi connectivity index (χ0) is 8.85. The van der Waals surface area contributed by atoms with E-state index in [0.717, 1.165) is 0 Å². The van der Waals surface area contributed by atoms with Crippen LogP contribution in [0.1, 0.15) is 34.6 Å². The first-order chi connectivity index (χ1) is 5.04. The fourth-order valence-corrected chi connectivity index (χ4v) is 0.622. The molecule has 0 aromatic heterocycles. The highest BCUT2D eigenvalue weighted by atomic mass is 14.0. The zero-order valence-corrected chi connectivity index (χ0v) is 8.39. The normalized spacial score (nSPS) is 13.9. The molecule has 0 radical (unpaired) electrons. The molecule has 0 aliphatic rings. The second kappa shape index (κ2) is 5.17. The molecule has 0 amide bonds. The number of hydrogen-bond acceptors (Lipinski definition) is 0. The molecule has 0 bridgehead atoms. The summed E-state index contributed by atoms with van der Waals surface area (Å²) in [7, 11) is 0. The van der Waals surface area contributed by atoms with E-state index in [1.54, 1.807) is 0 Å². The van der Waals surface area contributed by atoms with Gasteiger partial charge in [0.15, 0.2) is 0 Å². The van der Waals surface area contributed by atoms with E-state index >= 15 is 0 Å². The van der Waals surface area contributed by atoms with Gasteiger partial charge in [0, 0.05) is 0 Å². The van der Waals surface area contributed by atoms with Crippen molar-refractivity contribution >= 4 is 0 Å². The first-order valence-electron chi connectivity index (χ1n) is 4.39. The van der Waals surface area contributed by atoms with E-state index in [1.807, 2.05) is 0 Å². The molecule has 0 nitrogen and oxygen atoms in total. The van der Waals surface area contributed by atoms with Crippen LogP contribution in [-0.4, -0.2) is 0 Å². The van der Waals surface area contributed by atoms with Crippen molar-refractivity contribution in [2.45, 2.75) is 34.6 Å². The molecule has 0 atom stereocenters. The van der Waals surface area contributed by atoms with Crippen LogP contribution in [0.15, 0.2) is 23.8 Å². The molecule has 0 heterocycles. The Labute approximate surface area is 71.0 Å². The van der Waals surface area contributed by atoms with Crippen LogP contribution in [0.2, 0.25) is 0 Å². The molecule has 0 spiro atoms. The molecule has 0 aromatic carbocycles. The third kappa shape index (κ3) is 5.90. The van der Waals surface area contributed by atoms with Crippen molar-refractivity contribution in [1.82, 2.24) is 0 Å². The summed E-state index contributed by atoms with van der Waals surface area (Å²) in [6.45, 7) is 11.0. The van der Waals surface area contributed by atoms with Gasteiger partial charge in [0.2, 0.25) is 0 Å². The highest BCUT2D eigenvalue weighted by molar-refractivity contribution is 5.12. The van der Waals surface area contributed by atoms with Crippen molar-refractivity contribution in [3.8, 4) is 0 Å². The third-order valence-electron chi connectivity index (χ3n) is 1.77. The third-order valence-corrected chi connectivity index (χ3v) is 1.77. The van der Waals surface area contributed by atoms with Crippen molar-refractivity contribution in [2.24, 2.45) is 11.8 Å². The second-order valence-corrected chi connectivity index (χ2v) is 3.69. The van der Waals surface area contributed by atoms with Gasteiger partial charge >= 0.3 is 0 Å². The van der Waals surface area contributed by atoms with Crippen LogP contribution >= 0.6 is 0 Å². The Kier molecular flexibility index (Phi) is 4.93. The summed E-state index contributed by atoms with van der Waals surface area (Å²) in [6, 6.07) is 0. The van der Waals surface area contributed by atoms with Crippen molar-refractivity contribution in [3.05, 3.63) is 23.8 Å². The SMILES string of the molecule is C/C(=C/C=C\C(C)C)C(C)C. The fraction of sp³-hybridized carbons (Fsp3) is 0.636. The summed E-state index contributed by atoms with van der Waals surface area (Å²) < 4.78 is 0. The van der Waals surface area contributed by atoms with Gasteiger partial charge in [-0.2, -0.15) is 0 Å². The quantitative estimate of drug-likeness (QED) is 0.539. The minimum Gasteiger partial charge on any atom is -0.0820 e. The molecular weight excluding hydrogens is 132 g/mol. The zero-order valence-electron chi connectivity index (χ0n) is 8.39. The summed E-state index contributed by atoms with van der Waals surface area (Å²) in [5.41, 5.74) is 1.45. The molecule has 0 rings (SSSR count). The summed E-state index contributed by atoms with van der Waals surface area (Å²) in [5, 5.41) is 0. The molecule has 64 valence electrons. The largest absolute Gasteiger partial charge is 0.0820 e. The molecule has 0 N–H and O–H groups in total. The van der Waals surface area contributed by atoms with Crippen molar-refractivity contribution in [3.63, 3.8) is 0 Å². The first-order valence-corrected chi connectivity index (χ1v) is 4.39. The number of hydrogen-bond donors (Lipinski definition) is 0. The molecule has 0 saturated carbocycles. The van der Waals surface area contributed by atoms with Crippen LogP contribution in [0.5, 0.6) is 0 Å². The molecule has 0 unspecified atom stereocenters. The van der Waals surface area contributed by atoms with Gasteiger partial charge in [-0.15, -0.1) is 0 Å². The van der Waals surface area contributed by atoms with Crippen molar-refractivity contribution in [2.75, 3.05) is 0 Å². The summed E-state index contributed by atoms with van der Waals surface area (Å²) in [5.74, 6) is 1.33. The molecule has 0 aliphatic heterocycles. The van der Waals surface area contributed by atoms with Crippen LogP contribution in [-0.2, 0) is 0 Å². The first kappa shape index (κ1) is 10.5. The lowest BCUT2D eigenvalue weighted by atomic mass is 10.0. The average Bonchev–Trinajstić information content (AvgIpc) is 1.86. The Balaban J connectivity index is 3.91. The molecule has 0 saturated heterocycles. The Morgan fingerprint density at radius 3 is 2.00 bits per heavy atom. The monoisotopic (exact) mass is 152 g/mol. The average molecular weight is 152 g/mol. The summed E-state index contributed by atoms with van der Waals surface area (Å²) in [6.07, 6.45) is 6.57. The Morgan fingerprint density at radius 2 is 1.64 bits per heavy atom. The van der Waals surface area contributed by atoms with Crippen LogP contribution in [0.25, 0.3) is 0 Å². The van der Waals surface area contributed by atoms with Gasteiger partial charge in [0.05, 0.1) is 0 Å². The predicted molar refractivity (Wildman–Crippen MR) is 52.6 cm³/mol. The molecule has 0 heteroatoms. The topological polar surface area (TPSA) is 0 Å². The van der Waals surface area contributed by atoms with E-state index in [2.05, 4.69) is 52.8 Å². The summed E-state index contributed by atoms with van der Waals surface area (Å²) in [4.78, 5) is 0. The highest BCUT2D eigenvalue weighted by Crippen LogP contribution is 2.07. The number of rotatable bonds is 3. The Hall–Kier alpha value is -0.520. The van der Waals surface area contributed by atoms with Gasteiger partial charge in [0.25, 0.3) is 0 Å². The van der Waals surface area contributed by atoms with Gasteiger partial charge < -0.3 is 0 Å². The Morgan fingerprint density at radius 1 is 1.09 bits per heavy atom. The van der Waals surface area contributed by atoms with E-state index in [1.165, 1.54) is 5.57 Å². The second-order valence-electron chi connectivity index (χ2n) is 3.69. The van der Waals surface area contributed by atoms with Crippen molar-refractivity contribution < 1.29 is 0 Å². The standard InChI is InChI=1S/C11H20/c1-9(2)7-6-8-11(5)10(3)4/h6-10H,1-5H3/b7-6-,11-8-. The van der Waals surface area contributed by atoms with E-state index in [0.29, 0.717) is 11.8 Å². The maximum absolute atomic E-state index is 2.22. The molecule has 11 heavy (non-hydrogen) atoms. The van der Waals surface area contributed by atoms with E-state index in [9.17, 15) is 0 Å². The predicted octanol–water partition coefficient (Wildman–Crippen LogP) is 3.80. The van der Waals surface area contributed by atoms with Gasteiger partial charge in [-0.25, -0.2) is 0 Å². The van der Waals surface area contributed by atoms with Crippen molar-refractivity contribution in [1.29, 1.82) is 0 Å². The van der Waals surface area contributed by atoms with E-state index < -0.39 is 0 Å². The lowest BCUT2D eigenvalue weighted by molar-refractivity contribution is 0.768. The van der Waals surface area contributed by atoms with E-state index in [4.69, 9.17) is 0 Å². The van der Waals surface area contributed by atoms with Crippen LogP contribution in [0.4, 0.5) is 0 Å². The molecule has 0 aliphatic carbocycles.